The molecule has 3 aliphatic rings. The van der Waals surface area contributed by atoms with Gasteiger partial charge in [-0.25, -0.2) is 14.1 Å². The number of carbonyl (C=O) groups excluding carboxylic acids is 2. The van der Waals surface area contributed by atoms with Crippen molar-refractivity contribution in [1.82, 2.24) is 24.8 Å². The normalized spacial score (nSPS) is 22.2. The Balaban J connectivity index is 1.13. The highest BCUT2D eigenvalue weighted by molar-refractivity contribution is 5.96. The van der Waals surface area contributed by atoms with Crippen LogP contribution >= 0.6 is 0 Å². The summed E-state index contributed by atoms with van der Waals surface area (Å²) >= 11 is 0. The maximum atomic E-state index is 14.5. The number of piperazine rings is 1. The zero-order chi connectivity index (χ0) is 29.9. The molecule has 6 rings (SSSR count). The molecule has 0 unspecified atom stereocenters. The zero-order valence-corrected chi connectivity index (χ0v) is 25.0. The number of aryl methyl sites for hydroxylation is 1. The summed E-state index contributed by atoms with van der Waals surface area (Å²) in [5.41, 5.74) is 3.28. The molecule has 1 saturated heterocycles. The van der Waals surface area contributed by atoms with E-state index >= 15 is 0 Å². The van der Waals surface area contributed by atoms with Crippen molar-refractivity contribution in [3.63, 3.8) is 0 Å². The number of carbonyl (C=O) groups is 2. The molecule has 9 nitrogen and oxygen atoms in total. The molecule has 2 amide bonds. The summed E-state index contributed by atoms with van der Waals surface area (Å²) in [6, 6.07) is 10.1. The van der Waals surface area contributed by atoms with Crippen LogP contribution in [0.5, 0.6) is 5.75 Å². The lowest BCUT2D eigenvalue weighted by Gasteiger charge is -2.35. The van der Waals surface area contributed by atoms with Crippen LogP contribution in [0, 0.1) is 11.7 Å². The van der Waals surface area contributed by atoms with Crippen molar-refractivity contribution in [2.24, 2.45) is 5.92 Å². The maximum absolute atomic E-state index is 14.5. The molecule has 0 radical (unpaired) electrons. The van der Waals surface area contributed by atoms with Gasteiger partial charge >= 0.3 is 0 Å². The maximum Gasteiger partial charge on any atom is 0.254 e. The highest BCUT2D eigenvalue weighted by atomic mass is 19.1. The second-order valence-electron chi connectivity index (χ2n) is 12.1. The first-order valence-corrected chi connectivity index (χ1v) is 15.5. The third-order valence-electron chi connectivity index (χ3n) is 9.03. The molecule has 1 atom stereocenters. The van der Waals surface area contributed by atoms with E-state index in [4.69, 9.17) is 4.74 Å². The Labute approximate surface area is 251 Å². The Bertz CT molecular complexity index is 1500. The summed E-state index contributed by atoms with van der Waals surface area (Å²) in [6.45, 7) is 6.64. The van der Waals surface area contributed by atoms with Crippen LogP contribution in [0.4, 0.5) is 4.39 Å². The number of hydrogen-bond donors (Lipinski definition) is 1. The van der Waals surface area contributed by atoms with Crippen LogP contribution in [0.15, 0.2) is 42.6 Å². The number of amides is 2. The van der Waals surface area contributed by atoms with Crippen molar-refractivity contribution in [2.75, 3.05) is 32.7 Å². The van der Waals surface area contributed by atoms with Crippen molar-refractivity contribution in [2.45, 2.75) is 64.4 Å². The molecule has 226 valence electrons. The number of nitrogens with zero attached hydrogens (tertiary/aromatic N) is 5. The summed E-state index contributed by atoms with van der Waals surface area (Å²) in [6.07, 6.45) is 10.0. The van der Waals surface area contributed by atoms with Crippen molar-refractivity contribution >= 4 is 18.0 Å². The van der Waals surface area contributed by atoms with E-state index in [1.165, 1.54) is 29.7 Å². The fourth-order valence-electron chi connectivity index (χ4n) is 6.36. The Morgan fingerprint density at radius 3 is 2.35 bits per heavy atom. The monoisotopic (exact) mass is 587 g/mol. The Kier molecular flexibility index (Phi) is 8.54. The summed E-state index contributed by atoms with van der Waals surface area (Å²) in [7, 11) is 0. The lowest BCUT2D eigenvalue weighted by molar-refractivity contribution is -0.449. The van der Waals surface area contributed by atoms with Gasteiger partial charge in [0.05, 0.1) is 24.0 Å². The van der Waals surface area contributed by atoms with E-state index < -0.39 is 5.82 Å². The molecule has 0 spiro atoms. The van der Waals surface area contributed by atoms with Crippen LogP contribution in [0.1, 0.15) is 83.8 Å². The SMILES string of the molecule is CCc1cn(-c2cc(F)cc(C(=O)N3CCN(C(=O)c4ccc(O[C@H]5CC=[NH+]C5)c(C5CCC(C)CC5)c4)CC3)c2)nn1. The average Bonchev–Trinajstić information content (AvgIpc) is 3.73. The number of aromatic nitrogens is 3. The van der Waals surface area contributed by atoms with E-state index in [9.17, 15) is 14.0 Å². The number of benzene rings is 2. The lowest BCUT2D eigenvalue weighted by Crippen LogP contribution is -2.67. The van der Waals surface area contributed by atoms with E-state index in [0.717, 1.165) is 48.7 Å². The van der Waals surface area contributed by atoms with Crippen LogP contribution in [-0.2, 0) is 6.42 Å². The number of rotatable bonds is 7. The second-order valence-corrected chi connectivity index (χ2v) is 12.1. The summed E-state index contributed by atoms with van der Waals surface area (Å²) in [5.74, 6) is 1.19. The zero-order valence-electron chi connectivity index (χ0n) is 25.0. The van der Waals surface area contributed by atoms with Crippen LogP contribution in [-0.4, -0.2) is 81.7 Å². The van der Waals surface area contributed by atoms with E-state index in [1.54, 1.807) is 22.1 Å². The van der Waals surface area contributed by atoms with Gasteiger partial charge in [0.25, 0.3) is 11.8 Å². The number of halogens is 1. The minimum atomic E-state index is -0.513. The minimum absolute atomic E-state index is 0.0362. The third-order valence-corrected chi connectivity index (χ3v) is 9.03. The molecular weight excluding hydrogens is 547 g/mol. The summed E-state index contributed by atoms with van der Waals surface area (Å²) < 4.78 is 22.4. The number of nitrogens with one attached hydrogen (secondary N) is 1. The van der Waals surface area contributed by atoms with Gasteiger partial charge in [-0.2, -0.15) is 0 Å². The predicted molar refractivity (Wildman–Crippen MR) is 160 cm³/mol. The molecule has 43 heavy (non-hydrogen) atoms. The second kappa shape index (κ2) is 12.7. The van der Waals surface area contributed by atoms with Crippen LogP contribution in [0.3, 0.4) is 0 Å². The van der Waals surface area contributed by atoms with E-state index in [-0.39, 0.29) is 23.5 Å². The van der Waals surface area contributed by atoms with E-state index in [1.807, 2.05) is 31.3 Å². The molecule has 1 aromatic heterocycles. The Hall–Kier alpha value is -4.08. The van der Waals surface area contributed by atoms with Gasteiger partial charge in [0.1, 0.15) is 17.8 Å². The molecular formula is C33H40FN6O3+. The van der Waals surface area contributed by atoms with Gasteiger partial charge in [-0.05, 0) is 73.1 Å². The standard InChI is InChI=1S/C33H39FN6O3/c1-3-27-21-40(37-36-27)28-17-25(16-26(34)19-28)33(42)39-14-12-38(13-15-39)32(41)24-8-9-31(43-29-10-11-35-20-29)30(18-24)23-6-4-22(2)5-7-23/h8-9,11,16-19,21-23,29H,3-7,10,12-15,20H2,1-2H3/p+1/t22?,23?,29-/m0/s1. The molecule has 10 heteroatoms. The first-order chi connectivity index (χ1) is 20.9. The summed E-state index contributed by atoms with van der Waals surface area (Å²) in [5, 5.41) is 8.12. The highest BCUT2D eigenvalue weighted by Gasteiger charge is 2.29. The molecule has 3 heterocycles. The number of ether oxygens (including phenoxy) is 1. The van der Waals surface area contributed by atoms with Gasteiger partial charge in [0.15, 0.2) is 12.6 Å². The molecule has 1 N–H and O–H groups in total. The summed E-state index contributed by atoms with van der Waals surface area (Å²) in [4.78, 5) is 33.7. The smallest absolute Gasteiger partial charge is 0.254 e. The fourth-order valence-corrected chi connectivity index (χ4v) is 6.36. The van der Waals surface area contributed by atoms with Gasteiger partial charge in [0, 0.05) is 37.3 Å². The minimum Gasteiger partial charge on any atom is -0.483 e. The molecule has 2 fully saturated rings. The van der Waals surface area contributed by atoms with E-state index in [2.05, 4.69) is 22.2 Å². The first-order valence-electron chi connectivity index (χ1n) is 15.5. The van der Waals surface area contributed by atoms with Crippen LogP contribution in [0.2, 0.25) is 0 Å². The van der Waals surface area contributed by atoms with Gasteiger partial charge in [-0.1, -0.05) is 31.9 Å². The van der Waals surface area contributed by atoms with Gasteiger partial charge in [-0.15, -0.1) is 5.10 Å². The molecule has 2 aliphatic heterocycles. The van der Waals surface area contributed by atoms with Crippen LogP contribution < -0.4 is 9.73 Å². The average molecular weight is 588 g/mol. The topological polar surface area (TPSA) is 94.5 Å². The van der Waals surface area contributed by atoms with Gasteiger partial charge < -0.3 is 14.5 Å². The molecule has 1 saturated carbocycles. The van der Waals surface area contributed by atoms with Crippen molar-refractivity contribution < 1.29 is 23.7 Å². The van der Waals surface area contributed by atoms with Gasteiger partial charge in [-0.3, -0.25) is 9.59 Å². The number of hydrogen-bond acceptors (Lipinski definition) is 5. The quantitative estimate of drug-likeness (QED) is 0.459. The fraction of sp³-hybridized carbons (Fsp3) is 0.485. The van der Waals surface area contributed by atoms with Crippen molar-refractivity contribution in [3.05, 3.63) is 70.8 Å². The predicted octanol–water partition coefficient (Wildman–Crippen LogP) is 3.16. The van der Waals surface area contributed by atoms with Gasteiger partial charge in [0.2, 0.25) is 0 Å². The molecule has 2 aromatic carbocycles. The van der Waals surface area contributed by atoms with E-state index in [0.29, 0.717) is 49.8 Å². The van der Waals surface area contributed by atoms with Crippen LogP contribution in [0.25, 0.3) is 5.69 Å². The molecule has 1 aliphatic carbocycles. The third kappa shape index (κ3) is 6.48. The molecule has 3 aromatic rings. The molecule has 0 bridgehead atoms. The highest BCUT2D eigenvalue weighted by Crippen LogP contribution is 2.40. The Morgan fingerprint density at radius 1 is 0.977 bits per heavy atom. The largest absolute Gasteiger partial charge is 0.483 e. The first kappa shape index (κ1) is 29.0. The lowest BCUT2D eigenvalue weighted by atomic mass is 9.79. The van der Waals surface area contributed by atoms with Crippen molar-refractivity contribution in [1.29, 1.82) is 0 Å². The Morgan fingerprint density at radius 2 is 1.70 bits per heavy atom. The van der Waals surface area contributed by atoms with Crippen molar-refractivity contribution in [3.8, 4) is 11.4 Å².